The molecule has 0 unspecified atom stereocenters. The lowest BCUT2D eigenvalue weighted by molar-refractivity contribution is 0.0398. The Morgan fingerprint density at radius 2 is 1.95 bits per heavy atom. The van der Waals surface area contributed by atoms with E-state index in [2.05, 4.69) is 11.0 Å². The minimum absolute atomic E-state index is 0.446. The Kier molecular flexibility index (Phi) is 5.85. The molecular weight excluding hydrogens is 252 g/mol. The van der Waals surface area contributed by atoms with Gasteiger partial charge in [-0.25, -0.2) is 0 Å². The zero-order valence-electron chi connectivity index (χ0n) is 12.0. The number of nitrogens with zero attached hydrogens (tertiary/aromatic N) is 2. The Morgan fingerprint density at radius 1 is 1.25 bits per heavy atom. The van der Waals surface area contributed by atoms with Gasteiger partial charge in [0.25, 0.3) is 0 Å². The second-order valence-electron chi connectivity index (χ2n) is 5.11. The molecule has 0 atom stereocenters. The molecule has 0 bridgehead atoms. The van der Waals surface area contributed by atoms with Gasteiger partial charge < -0.3 is 14.4 Å². The highest BCUT2D eigenvalue weighted by molar-refractivity contribution is 5.34. The third-order valence-electron chi connectivity index (χ3n) is 3.74. The molecule has 0 amide bonds. The van der Waals surface area contributed by atoms with Crippen LogP contribution in [0.1, 0.15) is 24.8 Å². The van der Waals surface area contributed by atoms with Crippen LogP contribution in [0.25, 0.3) is 0 Å². The zero-order chi connectivity index (χ0) is 14.2. The molecule has 1 aromatic carbocycles. The van der Waals surface area contributed by atoms with E-state index >= 15 is 0 Å². The first kappa shape index (κ1) is 14.8. The Labute approximate surface area is 120 Å². The summed E-state index contributed by atoms with van der Waals surface area (Å²) in [5.74, 6) is 0.835. The minimum atomic E-state index is 0.446. The van der Waals surface area contributed by atoms with Crippen molar-refractivity contribution in [1.29, 1.82) is 5.26 Å². The van der Waals surface area contributed by atoms with E-state index in [0.29, 0.717) is 11.7 Å². The fraction of sp³-hybridized carbons (Fsp3) is 0.562. The lowest BCUT2D eigenvalue weighted by Gasteiger charge is -2.31. The molecule has 0 radical (unpaired) electrons. The fourth-order valence-corrected chi connectivity index (χ4v) is 2.47. The quantitative estimate of drug-likeness (QED) is 0.747. The van der Waals surface area contributed by atoms with Crippen LogP contribution < -0.4 is 4.74 Å². The third kappa shape index (κ3) is 4.52. The molecule has 0 aliphatic carbocycles. The van der Waals surface area contributed by atoms with Gasteiger partial charge >= 0.3 is 0 Å². The third-order valence-corrected chi connectivity index (χ3v) is 3.74. The van der Waals surface area contributed by atoms with Crippen LogP contribution in [0.5, 0.6) is 5.75 Å². The lowest BCUT2D eigenvalue weighted by Crippen LogP contribution is -2.37. The summed E-state index contributed by atoms with van der Waals surface area (Å²) in [4.78, 5) is 2.47. The summed E-state index contributed by atoms with van der Waals surface area (Å²) >= 11 is 0. The van der Waals surface area contributed by atoms with Gasteiger partial charge in [0.05, 0.1) is 24.3 Å². The molecule has 1 saturated heterocycles. The van der Waals surface area contributed by atoms with Gasteiger partial charge in [-0.1, -0.05) is 0 Å². The van der Waals surface area contributed by atoms with Crippen molar-refractivity contribution < 1.29 is 9.47 Å². The number of likely N-dealkylation sites (tertiary alicyclic amines) is 1. The zero-order valence-corrected chi connectivity index (χ0v) is 12.0. The molecule has 108 valence electrons. The molecule has 4 heteroatoms. The van der Waals surface area contributed by atoms with Gasteiger partial charge in [-0.3, -0.25) is 0 Å². The van der Waals surface area contributed by atoms with E-state index in [-0.39, 0.29) is 0 Å². The van der Waals surface area contributed by atoms with E-state index in [4.69, 9.17) is 14.7 Å². The highest BCUT2D eigenvalue weighted by Gasteiger charge is 2.17. The maximum absolute atomic E-state index is 8.72. The molecular formula is C16H22N2O2. The van der Waals surface area contributed by atoms with Gasteiger partial charge in [0, 0.05) is 26.7 Å². The molecule has 0 spiro atoms. The Bertz CT molecular complexity index is 431. The summed E-state index contributed by atoms with van der Waals surface area (Å²) in [6.45, 7) is 4.04. The minimum Gasteiger partial charge on any atom is -0.494 e. The molecule has 1 fully saturated rings. The first-order valence-corrected chi connectivity index (χ1v) is 7.20. The standard InChI is InChI=1S/C16H22N2O2/c1-19-15-7-10-18(11-8-15)9-2-12-20-16-5-3-14(13-17)4-6-16/h3-6,15H,2,7-12H2,1H3. The van der Waals surface area contributed by atoms with Crippen molar-refractivity contribution in [1.82, 2.24) is 4.90 Å². The van der Waals surface area contributed by atoms with E-state index in [1.807, 2.05) is 12.1 Å². The molecule has 2 rings (SSSR count). The maximum Gasteiger partial charge on any atom is 0.119 e. The second kappa shape index (κ2) is 7.88. The predicted octanol–water partition coefficient (Wildman–Crippen LogP) is 2.44. The van der Waals surface area contributed by atoms with Crippen molar-refractivity contribution in [2.45, 2.75) is 25.4 Å². The number of ether oxygens (including phenoxy) is 2. The number of methoxy groups -OCH3 is 1. The summed E-state index contributed by atoms with van der Waals surface area (Å²) in [7, 11) is 1.80. The first-order chi connectivity index (χ1) is 9.81. The molecule has 0 N–H and O–H groups in total. The van der Waals surface area contributed by atoms with Crippen molar-refractivity contribution in [3.63, 3.8) is 0 Å². The summed E-state index contributed by atoms with van der Waals surface area (Å²) in [6.07, 6.45) is 3.73. The van der Waals surface area contributed by atoms with Crippen LogP contribution in [0, 0.1) is 11.3 Å². The molecule has 20 heavy (non-hydrogen) atoms. The van der Waals surface area contributed by atoms with Gasteiger partial charge in [0.1, 0.15) is 5.75 Å². The molecule has 1 aliphatic heterocycles. The van der Waals surface area contributed by atoms with Crippen LogP contribution in [-0.2, 0) is 4.74 Å². The van der Waals surface area contributed by atoms with Crippen LogP contribution in [-0.4, -0.2) is 44.4 Å². The maximum atomic E-state index is 8.72. The predicted molar refractivity (Wildman–Crippen MR) is 77.7 cm³/mol. The molecule has 1 aromatic rings. The number of nitriles is 1. The number of benzene rings is 1. The van der Waals surface area contributed by atoms with Crippen molar-refractivity contribution in [3.05, 3.63) is 29.8 Å². The molecule has 1 heterocycles. The number of hydrogen-bond acceptors (Lipinski definition) is 4. The van der Waals surface area contributed by atoms with E-state index in [1.54, 1.807) is 19.2 Å². The first-order valence-electron chi connectivity index (χ1n) is 7.20. The Morgan fingerprint density at radius 3 is 2.55 bits per heavy atom. The normalized spacial score (nSPS) is 16.8. The summed E-state index contributed by atoms with van der Waals surface area (Å²) < 4.78 is 11.0. The van der Waals surface area contributed by atoms with Gasteiger partial charge in [-0.05, 0) is 43.5 Å². The van der Waals surface area contributed by atoms with Crippen LogP contribution in [0.3, 0.4) is 0 Å². The molecule has 4 nitrogen and oxygen atoms in total. The highest BCUT2D eigenvalue weighted by Crippen LogP contribution is 2.14. The monoisotopic (exact) mass is 274 g/mol. The van der Waals surface area contributed by atoms with E-state index in [9.17, 15) is 0 Å². The number of piperidine rings is 1. The van der Waals surface area contributed by atoms with E-state index in [1.165, 1.54) is 0 Å². The fourth-order valence-electron chi connectivity index (χ4n) is 2.47. The number of hydrogen-bond donors (Lipinski definition) is 0. The molecule has 0 aromatic heterocycles. The Hall–Kier alpha value is -1.57. The van der Waals surface area contributed by atoms with Crippen LogP contribution in [0.15, 0.2) is 24.3 Å². The Balaban J connectivity index is 1.60. The highest BCUT2D eigenvalue weighted by atomic mass is 16.5. The SMILES string of the molecule is COC1CCN(CCCOc2ccc(C#N)cc2)CC1. The van der Waals surface area contributed by atoms with Gasteiger partial charge in [-0.15, -0.1) is 0 Å². The van der Waals surface area contributed by atoms with Gasteiger partial charge in [0.15, 0.2) is 0 Å². The average Bonchev–Trinajstić information content (AvgIpc) is 2.53. The topological polar surface area (TPSA) is 45.5 Å². The van der Waals surface area contributed by atoms with Crippen molar-refractivity contribution in [2.24, 2.45) is 0 Å². The van der Waals surface area contributed by atoms with Crippen LogP contribution >= 0.6 is 0 Å². The lowest BCUT2D eigenvalue weighted by atomic mass is 10.1. The van der Waals surface area contributed by atoms with Gasteiger partial charge in [-0.2, -0.15) is 5.26 Å². The summed E-state index contributed by atoms with van der Waals surface area (Å²) in [6, 6.07) is 9.37. The van der Waals surface area contributed by atoms with Crippen LogP contribution in [0.2, 0.25) is 0 Å². The second-order valence-corrected chi connectivity index (χ2v) is 5.11. The smallest absolute Gasteiger partial charge is 0.119 e. The van der Waals surface area contributed by atoms with E-state index in [0.717, 1.165) is 51.3 Å². The number of rotatable bonds is 6. The molecule has 1 aliphatic rings. The summed E-state index contributed by atoms with van der Waals surface area (Å²) in [5.41, 5.74) is 0.665. The van der Waals surface area contributed by atoms with Crippen molar-refractivity contribution in [2.75, 3.05) is 33.4 Å². The van der Waals surface area contributed by atoms with Crippen molar-refractivity contribution in [3.8, 4) is 11.8 Å². The van der Waals surface area contributed by atoms with Gasteiger partial charge in [0.2, 0.25) is 0 Å². The largest absolute Gasteiger partial charge is 0.494 e. The average molecular weight is 274 g/mol. The molecule has 0 saturated carbocycles. The van der Waals surface area contributed by atoms with Crippen molar-refractivity contribution >= 4 is 0 Å². The van der Waals surface area contributed by atoms with Crippen LogP contribution in [0.4, 0.5) is 0 Å². The van der Waals surface area contributed by atoms with E-state index < -0.39 is 0 Å². The summed E-state index contributed by atoms with van der Waals surface area (Å²) in [5, 5.41) is 8.72.